The van der Waals surface area contributed by atoms with E-state index in [-0.39, 0.29) is 6.61 Å². The largest absolute Gasteiger partial charge is 0.484 e. The van der Waals surface area contributed by atoms with Gasteiger partial charge in [-0.05, 0) is 61.9 Å². The van der Waals surface area contributed by atoms with Crippen LogP contribution >= 0.6 is 27.5 Å². The van der Waals surface area contributed by atoms with Gasteiger partial charge in [-0.25, -0.2) is 0 Å². The van der Waals surface area contributed by atoms with Gasteiger partial charge in [0.1, 0.15) is 11.5 Å². The number of nitrogens with one attached hydrogen (secondary N) is 2. The van der Waals surface area contributed by atoms with E-state index in [0.717, 1.165) is 10.0 Å². The fourth-order valence-electron chi connectivity index (χ4n) is 1.90. The predicted molar refractivity (Wildman–Crippen MR) is 102 cm³/mol. The van der Waals surface area contributed by atoms with Crippen molar-refractivity contribution < 1.29 is 19.1 Å². The van der Waals surface area contributed by atoms with E-state index in [2.05, 4.69) is 26.8 Å². The topological polar surface area (TPSA) is 76.7 Å². The van der Waals surface area contributed by atoms with Gasteiger partial charge < -0.3 is 9.47 Å². The van der Waals surface area contributed by atoms with Crippen molar-refractivity contribution in [2.45, 2.75) is 20.0 Å². The molecule has 0 aliphatic rings. The second kappa shape index (κ2) is 9.45. The summed E-state index contributed by atoms with van der Waals surface area (Å²) < 4.78 is 11.8. The van der Waals surface area contributed by atoms with Gasteiger partial charge in [0.25, 0.3) is 11.8 Å². The molecule has 1 unspecified atom stereocenters. The molecule has 138 valence electrons. The maximum absolute atomic E-state index is 12.0. The second-order valence-electron chi connectivity index (χ2n) is 5.45. The molecule has 2 amide bonds. The zero-order valence-corrected chi connectivity index (χ0v) is 16.6. The summed E-state index contributed by atoms with van der Waals surface area (Å²) in [6, 6.07) is 12.0. The molecule has 0 aliphatic carbocycles. The average Bonchev–Trinajstić information content (AvgIpc) is 2.62. The van der Waals surface area contributed by atoms with Crippen LogP contribution in [0.25, 0.3) is 0 Å². The van der Waals surface area contributed by atoms with Crippen LogP contribution in [0.4, 0.5) is 0 Å². The van der Waals surface area contributed by atoms with E-state index in [1.807, 2.05) is 13.0 Å². The van der Waals surface area contributed by atoms with Gasteiger partial charge in [0, 0.05) is 9.50 Å². The molecule has 1 atom stereocenters. The van der Waals surface area contributed by atoms with Gasteiger partial charge in [-0.1, -0.05) is 27.5 Å². The van der Waals surface area contributed by atoms with Crippen molar-refractivity contribution in [2.75, 3.05) is 6.61 Å². The Hall–Kier alpha value is -2.25. The molecule has 6 nitrogen and oxygen atoms in total. The summed E-state index contributed by atoms with van der Waals surface area (Å²) in [5, 5.41) is 0.572. The summed E-state index contributed by atoms with van der Waals surface area (Å²) in [5.74, 6) is 0.0781. The summed E-state index contributed by atoms with van der Waals surface area (Å²) in [4.78, 5) is 23.7. The first-order valence-corrected chi connectivity index (χ1v) is 8.92. The summed E-state index contributed by atoms with van der Waals surface area (Å²) in [7, 11) is 0. The Morgan fingerprint density at radius 2 is 1.77 bits per heavy atom. The van der Waals surface area contributed by atoms with E-state index in [0.29, 0.717) is 16.5 Å². The van der Waals surface area contributed by atoms with Gasteiger partial charge in [0.2, 0.25) is 0 Å². The van der Waals surface area contributed by atoms with Crippen molar-refractivity contribution >= 4 is 39.3 Å². The Bertz CT molecular complexity index is 783. The minimum Gasteiger partial charge on any atom is -0.484 e. The minimum atomic E-state index is -0.800. The molecule has 2 aromatic rings. The Balaban J connectivity index is 1.74. The maximum atomic E-state index is 12.0. The van der Waals surface area contributed by atoms with Crippen molar-refractivity contribution in [3.63, 3.8) is 0 Å². The Labute approximate surface area is 164 Å². The summed E-state index contributed by atoms with van der Waals surface area (Å²) in [6.07, 6.45) is -0.800. The van der Waals surface area contributed by atoms with Gasteiger partial charge in [0.05, 0.1) is 0 Å². The number of rotatable bonds is 6. The molecule has 0 saturated heterocycles. The van der Waals surface area contributed by atoms with E-state index in [9.17, 15) is 9.59 Å². The molecule has 0 saturated carbocycles. The molecule has 8 heteroatoms. The summed E-state index contributed by atoms with van der Waals surface area (Å²) in [5.41, 5.74) is 5.56. The smallest absolute Gasteiger partial charge is 0.279 e. The second-order valence-corrected chi connectivity index (χ2v) is 6.74. The lowest BCUT2D eigenvalue weighted by atomic mass is 10.2. The third-order valence-electron chi connectivity index (χ3n) is 3.32. The van der Waals surface area contributed by atoms with Gasteiger partial charge in [-0.15, -0.1) is 0 Å². The highest BCUT2D eigenvalue weighted by atomic mass is 79.9. The van der Waals surface area contributed by atoms with Crippen LogP contribution in [0.1, 0.15) is 12.5 Å². The molecule has 0 spiro atoms. The molecule has 0 fully saturated rings. The number of carbonyl (C=O) groups excluding carboxylic acids is 2. The number of halogens is 2. The van der Waals surface area contributed by atoms with Crippen molar-refractivity contribution in [1.82, 2.24) is 10.9 Å². The van der Waals surface area contributed by atoms with Crippen LogP contribution in [-0.2, 0) is 9.59 Å². The molecule has 0 bridgehead atoms. The molecule has 2 aromatic carbocycles. The third kappa shape index (κ3) is 6.24. The molecule has 2 rings (SSSR count). The highest BCUT2D eigenvalue weighted by Crippen LogP contribution is 2.21. The standard InChI is InChI=1S/C18H18BrClN2O4/c1-11-9-15(7-8-16(11)19)25-10-17(23)21-22-18(24)12(2)26-14-5-3-13(20)4-6-14/h3-9,12H,10H2,1-2H3,(H,21,23)(H,22,24). The maximum Gasteiger partial charge on any atom is 0.279 e. The fraction of sp³-hybridized carbons (Fsp3) is 0.222. The van der Waals surface area contributed by atoms with Gasteiger partial charge in [-0.2, -0.15) is 0 Å². The van der Waals surface area contributed by atoms with E-state index in [4.69, 9.17) is 21.1 Å². The molecule has 0 radical (unpaired) electrons. The number of amides is 2. The molecule has 0 aromatic heterocycles. The first kappa shape index (κ1) is 20.1. The zero-order valence-electron chi connectivity index (χ0n) is 14.2. The summed E-state index contributed by atoms with van der Waals surface area (Å²) >= 11 is 9.18. The van der Waals surface area contributed by atoms with Crippen LogP contribution < -0.4 is 20.3 Å². The van der Waals surface area contributed by atoms with E-state index < -0.39 is 17.9 Å². The molecule has 0 heterocycles. The minimum absolute atomic E-state index is 0.228. The van der Waals surface area contributed by atoms with Crippen LogP contribution in [0, 0.1) is 6.92 Å². The van der Waals surface area contributed by atoms with Crippen molar-refractivity contribution in [1.29, 1.82) is 0 Å². The first-order chi connectivity index (χ1) is 12.3. The number of hydrazine groups is 1. The van der Waals surface area contributed by atoms with Crippen LogP contribution in [0.3, 0.4) is 0 Å². The van der Waals surface area contributed by atoms with Gasteiger partial charge in [0.15, 0.2) is 12.7 Å². The molecular weight excluding hydrogens is 424 g/mol. The van der Waals surface area contributed by atoms with E-state index >= 15 is 0 Å². The van der Waals surface area contributed by atoms with Crippen LogP contribution in [0.5, 0.6) is 11.5 Å². The number of carbonyl (C=O) groups is 2. The Morgan fingerprint density at radius 3 is 2.42 bits per heavy atom. The number of hydrogen-bond acceptors (Lipinski definition) is 4. The molecular formula is C18H18BrClN2O4. The lowest BCUT2D eigenvalue weighted by molar-refractivity contribution is -0.133. The average molecular weight is 442 g/mol. The molecule has 0 aliphatic heterocycles. The number of benzene rings is 2. The van der Waals surface area contributed by atoms with Crippen LogP contribution in [0.15, 0.2) is 46.9 Å². The van der Waals surface area contributed by atoms with E-state index in [1.165, 1.54) is 0 Å². The summed E-state index contributed by atoms with van der Waals surface area (Å²) in [6.45, 7) is 3.25. The predicted octanol–water partition coefficient (Wildman–Crippen LogP) is 3.40. The lowest BCUT2D eigenvalue weighted by Gasteiger charge is -2.15. The van der Waals surface area contributed by atoms with Crippen LogP contribution in [-0.4, -0.2) is 24.5 Å². The number of aryl methyl sites for hydroxylation is 1. The highest BCUT2D eigenvalue weighted by Gasteiger charge is 2.15. The van der Waals surface area contributed by atoms with Crippen molar-refractivity contribution in [3.8, 4) is 11.5 Å². The fourth-order valence-corrected chi connectivity index (χ4v) is 2.27. The van der Waals surface area contributed by atoms with Crippen LogP contribution in [0.2, 0.25) is 5.02 Å². The molecule has 26 heavy (non-hydrogen) atoms. The van der Waals surface area contributed by atoms with Gasteiger partial charge in [-0.3, -0.25) is 20.4 Å². The lowest BCUT2D eigenvalue weighted by Crippen LogP contribution is -2.48. The van der Waals surface area contributed by atoms with Crippen molar-refractivity contribution in [2.24, 2.45) is 0 Å². The zero-order chi connectivity index (χ0) is 19.1. The Morgan fingerprint density at radius 1 is 1.12 bits per heavy atom. The van der Waals surface area contributed by atoms with E-state index in [1.54, 1.807) is 43.3 Å². The normalized spacial score (nSPS) is 11.4. The third-order valence-corrected chi connectivity index (χ3v) is 4.46. The SMILES string of the molecule is Cc1cc(OCC(=O)NNC(=O)C(C)Oc2ccc(Cl)cc2)ccc1Br. The van der Waals surface area contributed by atoms with Gasteiger partial charge >= 0.3 is 0 Å². The Kier molecular flexibility index (Phi) is 7.29. The molecule has 2 N–H and O–H groups in total. The highest BCUT2D eigenvalue weighted by molar-refractivity contribution is 9.10. The monoisotopic (exact) mass is 440 g/mol. The number of hydrogen-bond donors (Lipinski definition) is 2. The quantitative estimate of drug-likeness (QED) is 0.674. The van der Waals surface area contributed by atoms with Crippen molar-refractivity contribution in [3.05, 3.63) is 57.5 Å². The number of ether oxygens (including phenoxy) is 2. The first-order valence-electron chi connectivity index (χ1n) is 7.75.